The molecule has 1 aromatic carbocycles. The average Bonchev–Trinajstić information content (AvgIpc) is 3.01. The molecule has 0 fully saturated rings. The van der Waals surface area contributed by atoms with E-state index >= 15 is 0 Å². The fraction of sp³-hybridized carbons (Fsp3) is 0.333. The van der Waals surface area contributed by atoms with Crippen LogP contribution in [0.15, 0.2) is 24.3 Å². The molecule has 106 valence electrons. The molecular formula is C15H16ClFN2S. The molecule has 20 heavy (non-hydrogen) atoms. The molecule has 1 aromatic heterocycles. The highest BCUT2D eigenvalue weighted by Crippen LogP contribution is 2.35. The molecular weight excluding hydrogens is 295 g/mol. The van der Waals surface area contributed by atoms with Crippen LogP contribution in [0.25, 0.3) is 0 Å². The molecule has 1 atom stereocenters. The molecule has 1 aliphatic carbocycles. The van der Waals surface area contributed by atoms with Crippen LogP contribution in [0.2, 0.25) is 5.02 Å². The van der Waals surface area contributed by atoms with Crippen molar-refractivity contribution in [1.29, 1.82) is 0 Å². The topological polar surface area (TPSA) is 38.0 Å². The summed E-state index contributed by atoms with van der Waals surface area (Å²) in [5, 5.41) is 0.159. The largest absolute Gasteiger partial charge is 0.271 e. The summed E-state index contributed by atoms with van der Waals surface area (Å²) in [6.07, 6.45) is 4.05. The van der Waals surface area contributed by atoms with Gasteiger partial charge in [0.25, 0.3) is 0 Å². The van der Waals surface area contributed by atoms with Gasteiger partial charge in [0.05, 0.1) is 11.1 Å². The predicted molar refractivity (Wildman–Crippen MR) is 81.5 cm³/mol. The van der Waals surface area contributed by atoms with E-state index in [1.54, 1.807) is 29.5 Å². The van der Waals surface area contributed by atoms with Crippen molar-refractivity contribution in [1.82, 2.24) is 5.43 Å². The maximum Gasteiger partial charge on any atom is 0.145 e. The van der Waals surface area contributed by atoms with Crippen LogP contribution < -0.4 is 11.3 Å². The number of hydrazine groups is 1. The fourth-order valence-corrected chi connectivity index (χ4v) is 4.20. The summed E-state index contributed by atoms with van der Waals surface area (Å²) >= 11 is 7.61. The average molecular weight is 311 g/mol. The molecule has 2 nitrogen and oxygen atoms in total. The summed E-state index contributed by atoms with van der Waals surface area (Å²) < 4.78 is 14.0. The van der Waals surface area contributed by atoms with Crippen LogP contribution in [0, 0.1) is 5.82 Å². The molecule has 0 saturated carbocycles. The first kappa shape index (κ1) is 14.0. The zero-order chi connectivity index (χ0) is 14.1. The van der Waals surface area contributed by atoms with E-state index < -0.39 is 0 Å². The van der Waals surface area contributed by atoms with Crippen molar-refractivity contribution >= 4 is 22.9 Å². The van der Waals surface area contributed by atoms with Crippen LogP contribution in [-0.2, 0) is 19.3 Å². The van der Waals surface area contributed by atoms with Crippen LogP contribution in [0.5, 0.6) is 0 Å². The Morgan fingerprint density at radius 3 is 3.00 bits per heavy atom. The van der Waals surface area contributed by atoms with Gasteiger partial charge in [-0.25, -0.2) is 4.39 Å². The number of nitrogens with one attached hydrogen (secondary N) is 1. The monoisotopic (exact) mass is 310 g/mol. The number of rotatable bonds is 4. The van der Waals surface area contributed by atoms with E-state index in [2.05, 4.69) is 11.5 Å². The third kappa shape index (κ3) is 2.61. The Labute approximate surface area is 126 Å². The Morgan fingerprint density at radius 2 is 2.25 bits per heavy atom. The SMILES string of the molecule is NNC(Cc1cccc(Cl)c1F)c1cc2c(s1)CCC2. The molecule has 0 saturated heterocycles. The van der Waals surface area contributed by atoms with Crippen molar-refractivity contribution in [2.75, 3.05) is 0 Å². The zero-order valence-electron chi connectivity index (χ0n) is 11.0. The number of hydrogen-bond acceptors (Lipinski definition) is 3. The second-order valence-corrected chi connectivity index (χ2v) is 6.66. The van der Waals surface area contributed by atoms with Gasteiger partial charge in [-0.1, -0.05) is 23.7 Å². The number of hydrogen-bond donors (Lipinski definition) is 2. The molecule has 0 spiro atoms. The van der Waals surface area contributed by atoms with Gasteiger partial charge in [-0.2, -0.15) is 0 Å². The van der Waals surface area contributed by atoms with Gasteiger partial charge in [-0.05, 0) is 48.9 Å². The molecule has 0 amide bonds. The summed E-state index contributed by atoms with van der Waals surface area (Å²) in [7, 11) is 0. The quantitative estimate of drug-likeness (QED) is 0.666. The van der Waals surface area contributed by atoms with Gasteiger partial charge in [0.1, 0.15) is 5.82 Å². The Morgan fingerprint density at radius 1 is 1.40 bits per heavy atom. The van der Waals surface area contributed by atoms with E-state index in [4.69, 9.17) is 17.4 Å². The maximum atomic E-state index is 14.0. The zero-order valence-corrected chi connectivity index (χ0v) is 12.5. The second kappa shape index (κ2) is 5.82. The number of aryl methyl sites for hydroxylation is 2. The van der Waals surface area contributed by atoms with Crippen LogP contribution >= 0.6 is 22.9 Å². The van der Waals surface area contributed by atoms with Gasteiger partial charge in [-0.3, -0.25) is 11.3 Å². The number of halogens is 2. The van der Waals surface area contributed by atoms with Crippen LogP contribution in [-0.4, -0.2) is 0 Å². The number of thiophene rings is 1. The minimum atomic E-state index is -0.349. The second-order valence-electron chi connectivity index (χ2n) is 5.09. The normalized spacial score (nSPS) is 15.3. The molecule has 3 N–H and O–H groups in total. The lowest BCUT2D eigenvalue weighted by Gasteiger charge is -2.15. The Bertz CT molecular complexity index is 605. The van der Waals surface area contributed by atoms with Crippen molar-refractivity contribution in [3.8, 4) is 0 Å². The minimum absolute atomic E-state index is 0.0708. The molecule has 1 heterocycles. The molecule has 5 heteroatoms. The van der Waals surface area contributed by atoms with Gasteiger partial charge >= 0.3 is 0 Å². The van der Waals surface area contributed by atoms with Gasteiger partial charge < -0.3 is 0 Å². The van der Waals surface area contributed by atoms with Crippen molar-refractivity contribution in [2.45, 2.75) is 31.7 Å². The fourth-order valence-electron chi connectivity index (χ4n) is 2.69. The van der Waals surface area contributed by atoms with Gasteiger partial charge in [0, 0.05) is 9.75 Å². The van der Waals surface area contributed by atoms with Gasteiger partial charge in [-0.15, -0.1) is 11.3 Å². The summed E-state index contributed by atoms with van der Waals surface area (Å²) in [6, 6.07) is 7.22. The minimum Gasteiger partial charge on any atom is -0.271 e. The third-order valence-electron chi connectivity index (χ3n) is 3.77. The first-order chi connectivity index (χ1) is 9.69. The number of nitrogens with two attached hydrogens (primary N) is 1. The van der Waals surface area contributed by atoms with Crippen molar-refractivity contribution in [3.63, 3.8) is 0 Å². The summed E-state index contributed by atoms with van der Waals surface area (Å²) in [5.41, 5.74) is 4.82. The van der Waals surface area contributed by atoms with E-state index in [0.717, 1.165) is 12.8 Å². The Balaban J connectivity index is 1.84. The highest BCUT2D eigenvalue weighted by Gasteiger charge is 2.21. The van der Waals surface area contributed by atoms with E-state index in [-0.39, 0.29) is 16.9 Å². The number of benzene rings is 1. The highest BCUT2D eigenvalue weighted by molar-refractivity contribution is 7.12. The van der Waals surface area contributed by atoms with Crippen LogP contribution in [0.3, 0.4) is 0 Å². The van der Waals surface area contributed by atoms with E-state index in [9.17, 15) is 4.39 Å². The van der Waals surface area contributed by atoms with E-state index in [1.165, 1.54) is 21.7 Å². The summed E-state index contributed by atoms with van der Waals surface area (Å²) in [6.45, 7) is 0. The molecule has 0 bridgehead atoms. The standard InChI is InChI=1S/C15H16ClFN2S/c16-11-5-1-4-10(15(11)17)7-12(19-18)14-8-9-3-2-6-13(9)20-14/h1,4-5,8,12,19H,2-3,6-7,18H2. The van der Waals surface area contributed by atoms with Gasteiger partial charge in [0.15, 0.2) is 0 Å². The lowest BCUT2D eigenvalue weighted by atomic mass is 10.0. The summed E-state index contributed by atoms with van der Waals surface area (Å²) in [4.78, 5) is 2.63. The molecule has 1 unspecified atom stereocenters. The Kier molecular flexibility index (Phi) is 4.08. The lowest BCUT2D eigenvalue weighted by Crippen LogP contribution is -2.29. The van der Waals surface area contributed by atoms with E-state index in [1.807, 2.05) is 0 Å². The molecule has 0 radical (unpaired) electrons. The number of fused-ring (bicyclic) bond motifs is 1. The van der Waals surface area contributed by atoms with E-state index in [0.29, 0.717) is 12.0 Å². The van der Waals surface area contributed by atoms with Crippen LogP contribution in [0.4, 0.5) is 4.39 Å². The Hall–Kier alpha value is -0.940. The summed E-state index contributed by atoms with van der Waals surface area (Å²) in [5.74, 6) is 5.31. The first-order valence-corrected chi connectivity index (χ1v) is 7.89. The van der Waals surface area contributed by atoms with Crippen molar-refractivity contribution in [2.24, 2.45) is 5.84 Å². The maximum absolute atomic E-state index is 14.0. The molecule has 1 aliphatic rings. The lowest BCUT2D eigenvalue weighted by molar-refractivity contribution is 0.535. The van der Waals surface area contributed by atoms with Crippen molar-refractivity contribution in [3.05, 3.63) is 56.0 Å². The van der Waals surface area contributed by atoms with Crippen molar-refractivity contribution < 1.29 is 4.39 Å². The molecule has 3 rings (SSSR count). The molecule has 2 aromatic rings. The first-order valence-electron chi connectivity index (χ1n) is 6.69. The van der Waals surface area contributed by atoms with Crippen LogP contribution in [0.1, 0.15) is 33.3 Å². The molecule has 0 aliphatic heterocycles. The third-order valence-corrected chi connectivity index (χ3v) is 5.41. The predicted octanol–water partition coefficient (Wildman–Crippen LogP) is 3.78. The van der Waals surface area contributed by atoms with Gasteiger partial charge in [0.2, 0.25) is 0 Å². The smallest absolute Gasteiger partial charge is 0.145 e. The highest BCUT2D eigenvalue weighted by atomic mass is 35.5.